The molecule has 2 rings (SSSR count). The number of carboxylic acid groups (broad SMARTS) is 1. The molecule has 1 saturated carbocycles. The standard InChI is InChI=1S/C12H11BrF2O3/c1-18-10-7(14)5-6(13)9(15)8(10)12(11(16)17)3-2-4-12/h5H,2-4H2,1H3,(H,16,17). The van der Waals surface area contributed by atoms with Gasteiger partial charge in [0.25, 0.3) is 0 Å². The first-order chi connectivity index (χ1) is 8.44. The van der Waals surface area contributed by atoms with Crippen LogP contribution in [-0.2, 0) is 10.2 Å². The highest BCUT2D eigenvalue weighted by Gasteiger charge is 2.50. The molecule has 0 amide bonds. The zero-order valence-electron chi connectivity index (χ0n) is 9.60. The van der Waals surface area contributed by atoms with Crippen LogP contribution in [-0.4, -0.2) is 18.2 Å². The van der Waals surface area contributed by atoms with Crippen LogP contribution in [0.25, 0.3) is 0 Å². The number of carboxylic acids is 1. The van der Waals surface area contributed by atoms with E-state index in [0.29, 0.717) is 6.42 Å². The van der Waals surface area contributed by atoms with E-state index in [2.05, 4.69) is 15.9 Å². The minimum absolute atomic E-state index is 0.0941. The zero-order valence-corrected chi connectivity index (χ0v) is 11.2. The summed E-state index contributed by atoms with van der Waals surface area (Å²) in [5.74, 6) is -3.01. The van der Waals surface area contributed by atoms with Gasteiger partial charge in [0.2, 0.25) is 0 Å². The summed E-state index contributed by atoms with van der Waals surface area (Å²) in [6.45, 7) is 0. The second kappa shape index (κ2) is 4.50. The second-order valence-corrected chi connectivity index (χ2v) is 5.16. The van der Waals surface area contributed by atoms with Crippen LogP contribution in [0.3, 0.4) is 0 Å². The van der Waals surface area contributed by atoms with Crippen molar-refractivity contribution in [3.05, 3.63) is 27.7 Å². The summed E-state index contributed by atoms with van der Waals surface area (Å²) >= 11 is 2.89. The van der Waals surface area contributed by atoms with Crippen molar-refractivity contribution in [3.63, 3.8) is 0 Å². The van der Waals surface area contributed by atoms with Gasteiger partial charge >= 0.3 is 5.97 Å². The van der Waals surface area contributed by atoms with Crippen molar-refractivity contribution in [1.29, 1.82) is 0 Å². The number of halogens is 3. The Morgan fingerprint density at radius 3 is 2.50 bits per heavy atom. The minimum atomic E-state index is -1.37. The number of rotatable bonds is 3. The van der Waals surface area contributed by atoms with Gasteiger partial charge in [-0.25, -0.2) is 8.78 Å². The molecule has 1 aliphatic rings. The fraction of sp³-hybridized carbons (Fsp3) is 0.417. The fourth-order valence-electron chi connectivity index (χ4n) is 2.31. The molecule has 18 heavy (non-hydrogen) atoms. The molecule has 0 unspecified atom stereocenters. The van der Waals surface area contributed by atoms with Crippen molar-refractivity contribution in [1.82, 2.24) is 0 Å². The maximum atomic E-state index is 14.1. The molecule has 0 aliphatic heterocycles. The van der Waals surface area contributed by atoms with E-state index in [-0.39, 0.29) is 28.6 Å². The monoisotopic (exact) mass is 320 g/mol. The molecule has 3 nitrogen and oxygen atoms in total. The van der Waals surface area contributed by atoms with Crippen molar-refractivity contribution in [2.75, 3.05) is 7.11 Å². The normalized spacial score (nSPS) is 17.1. The number of hydrogen-bond acceptors (Lipinski definition) is 2. The lowest BCUT2D eigenvalue weighted by molar-refractivity contribution is -0.147. The second-order valence-electron chi connectivity index (χ2n) is 4.30. The minimum Gasteiger partial charge on any atom is -0.493 e. The van der Waals surface area contributed by atoms with E-state index in [9.17, 15) is 18.7 Å². The molecular weight excluding hydrogens is 310 g/mol. The molecule has 1 fully saturated rings. The average Bonchev–Trinajstić information content (AvgIpc) is 2.23. The van der Waals surface area contributed by atoms with E-state index in [4.69, 9.17) is 4.74 Å². The molecule has 0 saturated heterocycles. The molecule has 1 aromatic carbocycles. The third-order valence-electron chi connectivity index (χ3n) is 3.43. The van der Waals surface area contributed by atoms with E-state index in [1.54, 1.807) is 0 Å². The molecule has 0 aromatic heterocycles. The number of ether oxygens (including phenoxy) is 1. The van der Waals surface area contributed by atoms with Gasteiger partial charge in [-0.2, -0.15) is 0 Å². The highest BCUT2D eigenvalue weighted by molar-refractivity contribution is 9.10. The van der Waals surface area contributed by atoms with Crippen LogP contribution in [0.5, 0.6) is 5.75 Å². The Labute approximate surface area is 111 Å². The van der Waals surface area contributed by atoms with Gasteiger partial charge in [-0.1, -0.05) is 6.42 Å². The van der Waals surface area contributed by atoms with Gasteiger partial charge in [0.15, 0.2) is 11.6 Å². The van der Waals surface area contributed by atoms with Gasteiger partial charge < -0.3 is 9.84 Å². The van der Waals surface area contributed by atoms with Crippen LogP contribution in [0.15, 0.2) is 10.5 Å². The van der Waals surface area contributed by atoms with E-state index in [1.807, 2.05) is 0 Å². The summed E-state index contributed by atoms with van der Waals surface area (Å²) in [7, 11) is 1.20. The molecular formula is C12H11BrF2O3. The van der Waals surface area contributed by atoms with Gasteiger partial charge in [0.05, 0.1) is 22.6 Å². The van der Waals surface area contributed by atoms with Crippen LogP contribution >= 0.6 is 15.9 Å². The number of methoxy groups -OCH3 is 1. The van der Waals surface area contributed by atoms with Gasteiger partial charge in [0.1, 0.15) is 5.82 Å². The molecule has 1 N–H and O–H groups in total. The maximum Gasteiger partial charge on any atom is 0.314 e. The summed E-state index contributed by atoms with van der Waals surface area (Å²) < 4.78 is 32.6. The third-order valence-corrected chi connectivity index (χ3v) is 4.00. The highest BCUT2D eigenvalue weighted by Crippen LogP contribution is 2.50. The Morgan fingerprint density at radius 1 is 1.50 bits per heavy atom. The largest absolute Gasteiger partial charge is 0.493 e. The number of hydrogen-bond donors (Lipinski definition) is 1. The van der Waals surface area contributed by atoms with Gasteiger partial charge in [0, 0.05) is 0 Å². The molecule has 0 heterocycles. The summed E-state index contributed by atoms with van der Waals surface area (Å²) in [6.07, 6.45) is 1.24. The molecule has 98 valence electrons. The van der Waals surface area contributed by atoms with Crippen molar-refractivity contribution in [2.24, 2.45) is 0 Å². The predicted molar refractivity (Wildman–Crippen MR) is 63.8 cm³/mol. The quantitative estimate of drug-likeness (QED) is 0.870. The number of aliphatic carboxylic acids is 1. The lowest BCUT2D eigenvalue weighted by atomic mass is 9.64. The van der Waals surface area contributed by atoms with Crippen LogP contribution in [0, 0.1) is 11.6 Å². The lowest BCUT2D eigenvalue weighted by Crippen LogP contribution is -2.43. The van der Waals surface area contributed by atoms with Gasteiger partial charge in [-0.3, -0.25) is 4.79 Å². The summed E-state index contributed by atoms with van der Waals surface area (Å²) in [5, 5.41) is 9.30. The Balaban J connectivity index is 2.72. The van der Waals surface area contributed by atoms with Crippen LogP contribution < -0.4 is 4.74 Å². The Hall–Kier alpha value is -1.17. The van der Waals surface area contributed by atoms with Crippen LogP contribution in [0.4, 0.5) is 8.78 Å². The number of benzene rings is 1. The SMILES string of the molecule is COc1c(F)cc(Br)c(F)c1C1(C(=O)O)CCC1. The van der Waals surface area contributed by atoms with Crippen molar-refractivity contribution in [3.8, 4) is 5.75 Å². The Morgan fingerprint density at radius 2 is 2.11 bits per heavy atom. The van der Waals surface area contributed by atoms with E-state index in [0.717, 1.165) is 6.07 Å². The van der Waals surface area contributed by atoms with Crippen molar-refractivity contribution >= 4 is 21.9 Å². The molecule has 0 spiro atoms. The first kappa shape index (κ1) is 13.3. The summed E-state index contributed by atoms with van der Waals surface area (Å²) in [6, 6.07) is 0.936. The maximum absolute atomic E-state index is 14.1. The van der Waals surface area contributed by atoms with Gasteiger partial charge in [-0.15, -0.1) is 0 Å². The number of carbonyl (C=O) groups is 1. The van der Waals surface area contributed by atoms with Gasteiger partial charge in [-0.05, 0) is 34.8 Å². The fourth-order valence-corrected chi connectivity index (χ4v) is 2.71. The molecule has 0 bridgehead atoms. The zero-order chi connectivity index (χ0) is 13.5. The summed E-state index contributed by atoms with van der Waals surface area (Å²) in [4.78, 5) is 11.4. The van der Waals surface area contributed by atoms with E-state index in [1.165, 1.54) is 7.11 Å². The molecule has 1 aromatic rings. The average molecular weight is 321 g/mol. The highest BCUT2D eigenvalue weighted by atomic mass is 79.9. The summed E-state index contributed by atoms with van der Waals surface area (Å²) in [5.41, 5.74) is -1.57. The van der Waals surface area contributed by atoms with Crippen molar-refractivity contribution < 1.29 is 23.4 Å². The Kier molecular flexibility index (Phi) is 3.31. The smallest absolute Gasteiger partial charge is 0.314 e. The van der Waals surface area contributed by atoms with E-state index >= 15 is 0 Å². The van der Waals surface area contributed by atoms with Crippen molar-refractivity contribution in [2.45, 2.75) is 24.7 Å². The lowest BCUT2D eigenvalue weighted by Gasteiger charge is -2.39. The molecule has 0 atom stereocenters. The predicted octanol–water partition coefficient (Wildman–Crippen LogP) is 3.24. The van der Waals surface area contributed by atoms with E-state index < -0.39 is 23.0 Å². The first-order valence-corrected chi connectivity index (χ1v) is 6.18. The molecule has 0 radical (unpaired) electrons. The Bertz CT molecular complexity index is 513. The first-order valence-electron chi connectivity index (χ1n) is 5.39. The third kappa shape index (κ3) is 1.70. The van der Waals surface area contributed by atoms with Crippen LogP contribution in [0.2, 0.25) is 0 Å². The molecule has 6 heteroatoms. The topological polar surface area (TPSA) is 46.5 Å². The molecule has 1 aliphatic carbocycles. The van der Waals surface area contributed by atoms with Crippen LogP contribution in [0.1, 0.15) is 24.8 Å².